The number of ether oxygens (including phenoxy) is 3. The van der Waals surface area contributed by atoms with Crippen LogP contribution in [0.4, 0.5) is 11.4 Å². The molecule has 0 saturated heterocycles. The van der Waals surface area contributed by atoms with E-state index in [0.29, 0.717) is 39.3 Å². The van der Waals surface area contributed by atoms with Crippen LogP contribution in [0.2, 0.25) is 0 Å². The van der Waals surface area contributed by atoms with Crippen LogP contribution < -0.4 is 14.8 Å². The largest absolute Gasteiger partial charge is 0.497 e. The van der Waals surface area contributed by atoms with Gasteiger partial charge in [0.05, 0.1) is 43.3 Å². The van der Waals surface area contributed by atoms with E-state index >= 15 is 0 Å². The van der Waals surface area contributed by atoms with E-state index in [2.05, 4.69) is 16.4 Å². The van der Waals surface area contributed by atoms with Crippen LogP contribution in [0.15, 0.2) is 42.6 Å². The standard InChI is InChI=1S/C21H19N3O4/c1-4-28-21(25)16-12-23-19-13(11-22)6-5-7-15(19)20(16)24-17-10-14(26-2)8-9-18(17)27-3/h5-10,12H,4H2,1-3H3,(H,23,24). The van der Waals surface area contributed by atoms with Gasteiger partial charge in [0.15, 0.2) is 0 Å². The number of nitriles is 1. The van der Waals surface area contributed by atoms with E-state index in [1.165, 1.54) is 6.20 Å². The molecule has 7 heteroatoms. The fraction of sp³-hybridized carbons (Fsp3) is 0.190. The molecule has 1 aromatic heterocycles. The van der Waals surface area contributed by atoms with E-state index < -0.39 is 5.97 Å². The Bertz CT molecular complexity index is 1070. The summed E-state index contributed by atoms with van der Waals surface area (Å²) in [4.78, 5) is 16.8. The Labute approximate surface area is 162 Å². The van der Waals surface area contributed by atoms with Crippen LogP contribution in [0, 0.1) is 11.3 Å². The number of carbonyl (C=O) groups excluding carboxylic acids is 1. The number of hydrogen-bond acceptors (Lipinski definition) is 7. The van der Waals surface area contributed by atoms with Gasteiger partial charge in [-0.15, -0.1) is 0 Å². The number of rotatable bonds is 6. The lowest BCUT2D eigenvalue weighted by Gasteiger charge is -2.17. The molecule has 0 spiro atoms. The van der Waals surface area contributed by atoms with Crippen molar-refractivity contribution in [3.63, 3.8) is 0 Å². The number of para-hydroxylation sites is 1. The van der Waals surface area contributed by atoms with Gasteiger partial charge in [-0.2, -0.15) is 5.26 Å². The minimum absolute atomic E-state index is 0.233. The van der Waals surface area contributed by atoms with E-state index in [4.69, 9.17) is 14.2 Å². The molecule has 0 atom stereocenters. The van der Waals surface area contributed by atoms with Gasteiger partial charge < -0.3 is 19.5 Å². The molecule has 142 valence electrons. The lowest BCUT2D eigenvalue weighted by molar-refractivity contribution is 0.0527. The Morgan fingerprint density at radius 2 is 2.04 bits per heavy atom. The van der Waals surface area contributed by atoms with Crippen LogP contribution in [-0.2, 0) is 4.74 Å². The van der Waals surface area contributed by atoms with Gasteiger partial charge in [-0.05, 0) is 25.1 Å². The molecule has 0 saturated carbocycles. The Kier molecular flexibility index (Phi) is 5.61. The van der Waals surface area contributed by atoms with Crippen LogP contribution in [0.25, 0.3) is 10.9 Å². The monoisotopic (exact) mass is 377 g/mol. The summed E-state index contributed by atoms with van der Waals surface area (Å²) < 4.78 is 15.9. The molecule has 1 heterocycles. The summed E-state index contributed by atoms with van der Waals surface area (Å²) >= 11 is 0. The second-order valence-corrected chi connectivity index (χ2v) is 5.77. The number of esters is 1. The molecule has 0 aliphatic rings. The van der Waals surface area contributed by atoms with Crippen LogP contribution in [0.3, 0.4) is 0 Å². The smallest absolute Gasteiger partial charge is 0.341 e. The number of nitrogens with zero attached hydrogens (tertiary/aromatic N) is 2. The van der Waals surface area contributed by atoms with E-state index in [1.807, 2.05) is 0 Å². The summed E-state index contributed by atoms with van der Waals surface area (Å²) in [5.74, 6) is 0.678. The van der Waals surface area contributed by atoms with Gasteiger partial charge in [0.2, 0.25) is 0 Å². The molecule has 0 fully saturated rings. The zero-order chi connectivity index (χ0) is 20.1. The van der Waals surface area contributed by atoms with Crippen molar-refractivity contribution in [2.24, 2.45) is 0 Å². The number of carbonyl (C=O) groups is 1. The minimum atomic E-state index is -0.511. The summed E-state index contributed by atoms with van der Waals surface area (Å²) in [5.41, 5.74) is 2.24. The summed E-state index contributed by atoms with van der Waals surface area (Å²) in [6, 6.07) is 12.6. The molecule has 0 aliphatic heterocycles. The van der Waals surface area contributed by atoms with Crippen molar-refractivity contribution in [3.8, 4) is 17.6 Å². The molecule has 2 aromatic carbocycles. The van der Waals surface area contributed by atoms with Crippen LogP contribution >= 0.6 is 0 Å². The van der Waals surface area contributed by atoms with E-state index in [1.54, 1.807) is 57.5 Å². The lowest BCUT2D eigenvalue weighted by atomic mass is 10.1. The van der Waals surface area contributed by atoms with Gasteiger partial charge in [-0.25, -0.2) is 4.79 Å². The summed E-state index contributed by atoms with van der Waals surface area (Å²) in [7, 11) is 3.12. The van der Waals surface area contributed by atoms with Crippen LogP contribution in [0.5, 0.6) is 11.5 Å². The second-order valence-electron chi connectivity index (χ2n) is 5.77. The number of nitrogens with one attached hydrogen (secondary N) is 1. The molecular formula is C21H19N3O4. The van der Waals surface area contributed by atoms with Gasteiger partial charge in [0, 0.05) is 17.6 Å². The van der Waals surface area contributed by atoms with Crippen molar-refractivity contribution >= 4 is 28.2 Å². The molecule has 0 unspecified atom stereocenters. The average Bonchev–Trinajstić information content (AvgIpc) is 2.73. The quantitative estimate of drug-likeness (QED) is 0.648. The predicted molar refractivity (Wildman–Crippen MR) is 105 cm³/mol. The number of methoxy groups -OCH3 is 2. The Balaban J connectivity index is 2.24. The van der Waals surface area contributed by atoms with Crippen molar-refractivity contribution in [2.75, 3.05) is 26.1 Å². The van der Waals surface area contributed by atoms with Gasteiger partial charge in [-0.1, -0.05) is 12.1 Å². The highest BCUT2D eigenvalue weighted by Crippen LogP contribution is 2.36. The molecule has 0 aliphatic carbocycles. The number of hydrogen-bond donors (Lipinski definition) is 1. The zero-order valence-corrected chi connectivity index (χ0v) is 15.8. The Morgan fingerprint density at radius 3 is 2.71 bits per heavy atom. The maximum Gasteiger partial charge on any atom is 0.341 e. The number of fused-ring (bicyclic) bond motifs is 1. The second kappa shape index (κ2) is 8.27. The molecule has 0 radical (unpaired) electrons. The van der Waals surface area contributed by atoms with Crippen molar-refractivity contribution in [2.45, 2.75) is 6.92 Å². The molecule has 1 N–H and O–H groups in total. The highest BCUT2D eigenvalue weighted by Gasteiger charge is 2.19. The van der Waals surface area contributed by atoms with Crippen molar-refractivity contribution in [1.82, 2.24) is 4.98 Å². The predicted octanol–water partition coefficient (Wildman–Crippen LogP) is 4.04. The summed E-state index contributed by atoms with van der Waals surface area (Å²) in [5, 5.41) is 13.3. The van der Waals surface area contributed by atoms with Gasteiger partial charge >= 0.3 is 5.97 Å². The van der Waals surface area contributed by atoms with Gasteiger partial charge in [0.25, 0.3) is 0 Å². The van der Waals surface area contributed by atoms with E-state index in [0.717, 1.165) is 0 Å². The summed E-state index contributed by atoms with van der Waals surface area (Å²) in [6.07, 6.45) is 1.41. The molecule has 0 amide bonds. The third kappa shape index (κ3) is 3.53. The summed E-state index contributed by atoms with van der Waals surface area (Å²) in [6.45, 7) is 1.97. The van der Waals surface area contributed by atoms with E-state index in [-0.39, 0.29) is 12.2 Å². The first-order chi connectivity index (χ1) is 13.6. The number of benzene rings is 2. The fourth-order valence-corrected chi connectivity index (χ4v) is 2.86. The van der Waals surface area contributed by atoms with Crippen molar-refractivity contribution in [3.05, 3.63) is 53.7 Å². The Morgan fingerprint density at radius 1 is 1.21 bits per heavy atom. The van der Waals surface area contributed by atoms with Gasteiger partial charge in [-0.3, -0.25) is 4.98 Å². The van der Waals surface area contributed by atoms with E-state index in [9.17, 15) is 10.1 Å². The third-order valence-electron chi connectivity index (χ3n) is 4.18. The first kappa shape index (κ1) is 19.0. The minimum Gasteiger partial charge on any atom is -0.497 e. The molecule has 7 nitrogen and oxygen atoms in total. The molecule has 0 bridgehead atoms. The number of aromatic nitrogens is 1. The normalized spacial score (nSPS) is 10.2. The number of anilines is 2. The van der Waals surface area contributed by atoms with Crippen LogP contribution in [-0.4, -0.2) is 31.8 Å². The molecule has 28 heavy (non-hydrogen) atoms. The third-order valence-corrected chi connectivity index (χ3v) is 4.18. The first-order valence-corrected chi connectivity index (χ1v) is 8.60. The fourth-order valence-electron chi connectivity index (χ4n) is 2.86. The topological polar surface area (TPSA) is 93.5 Å². The maximum atomic E-state index is 12.5. The van der Waals surface area contributed by atoms with Gasteiger partial charge in [0.1, 0.15) is 23.1 Å². The lowest BCUT2D eigenvalue weighted by Crippen LogP contribution is -2.10. The van der Waals surface area contributed by atoms with Crippen LogP contribution in [0.1, 0.15) is 22.8 Å². The average molecular weight is 377 g/mol. The SMILES string of the molecule is CCOC(=O)c1cnc2c(C#N)cccc2c1Nc1cc(OC)ccc1OC. The molecule has 3 rings (SSSR count). The first-order valence-electron chi connectivity index (χ1n) is 8.60. The number of pyridine rings is 1. The zero-order valence-electron chi connectivity index (χ0n) is 15.8. The van der Waals surface area contributed by atoms with Crippen molar-refractivity contribution in [1.29, 1.82) is 5.26 Å². The highest BCUT2D eigenvalue weighted by molar-refractivity contribution is 6.07. The highest BCUT2D eigenvalue weighted by atomic mass is 16.5. The van der Waals surface area contributed by atoms with Crippen molar-refractivity contribution < 1.29 is 19.0 Å². The molecule has 3 aromatic rings. The molecular weight excluding hydrogens is 358 g/mol. The Hall–Kier alpha value is -3.79. The maximum absolute atomic E-state index is 12.5.